The molecule has 3 heterocycles. The Morgan fingerprint density at radius 3 is 2.85 bits per heavy atom. The molecule has 2 N–H and O–H groups in total. The van der Waals surface area contributed by atoms with Gasteiger partial charge in [-0.1, -0.05) is 55.6 Å². The summed E-state index contributed by atoms with van der Waals surface area (Å²) in [7, 11) is 0. The van der Waals surface area contributed by atoms with Crippen LogP contribution in [0.15, 0.2) is 20.4 Å². The van der Waals surface area contributed by atoms with E-state index in [1.165, 1.54) is 29.2 Å². The fraction of sp³-hybridized carbons (Fsp3) is 0.429. The minimum absolute atomic E-state index is 0.111. The molecule has 0 atom stereocenters. The normalized spacial score (nSPS) is 11.4. The predicted molar refractivity (Wildman–Crippen MR) is 103 cm³/mol. The average Bonchev–Trinajstić information content (AvgIpc) is 3.19. The van der Waals surface area contributed by atoms with Gasteiger partial charge >= 0.3 is 0 Å². The second-order valence-corrected chi connectivity index (χ2v) is 8.93. The molecule has 1 amide bonds. The highest BCUT2D eigenvalue weighted by Gasteiger charge is 2.16. The number of H-pyrrole nitrogens is 1. The van der Waals surface area contributed by atoms with E-state index in [2.05, 4.69) is 30.7 Å². The number of thioether (sulfide) groups is 2. The van der Waals surface area contributed by atoms with Crippen LogP contribution >= 0.6 is 34.9 Å². The smallest absolute Gasteiger partial charge is 0.252 e. The van der Waals surface area contributed by atoms with Crippen LogP contribution in [0, 0.1) is 0 Å². The van der Waals surface area contributed by atoms with Crippen molar-refractivity contribution in [1.29, 1.82) is 0 Å². The highest BCUT2D eigenvalue weighted by Crippen LogP contribution is 2.25. The number of aromatic nitrogens is 6. The van der Waals surface area contributed by atoms with Gasteiger partial charge in [0, 0.05) is 11.8 Å². The predicted octanol–water partition coefficient (Wildman–Crippen LogP) is 2.24. The summed E-state index contributed by atoms with van der Waals surface area (Å²) < 4.78 is 2.59. The van der Waals surface area contributed by atoms with Gasteiger partial charge in [0.1, 0.15) is 0 Å². The number of nitrogens with zero attached hydrogens (tertiary/aromatic N) is 5. The minimum Gasteiger partial charge on any atom is -0.300 e. The molecule has 9 nitrogen and oxygen atoms in total. The van der Waals surface area contributed by atoms with Crippen molar-refractivity contribution in [3.05, 3.63) is 22.1 Å². The molecule has 3 aromatic heterocycles. The first-order valence-electron chi connectivity index (χ1n) is 7.85. The average molecular weight is 412 g/mol. The second kappa shape index (κ2) is 8.18. The maximum atomic E-state index is 12.2. The van der Waals surface area contributed by atoms with Gasteiger partial charge in [-0.05, 0) is 11.7 Å². The summed E-state index contributed by atoms with van der Waals surface area (Å²) in [4.78, 5) is 26.5. The van der Waals surface area contributed by atoms with Crippen LogP contribution in [0.25, 0.3) is 5.78 Å². The van der Waals surface area contributed by atoms with E-state index < -0.39 is 0 Å². The fourth-order valence-electron chi connectivity index (χ4n) is 2.17. The van der Waals surface area contributed by atoms with E-state index >= 15 is 0 Å². The van der Waals surface area contributed by atoms with Crippen molar-refractivity contribution in [3.63, 3.8) is 0 Å². The van der Waals surface area contributed by atoms with Crippen LogP contribution in [-0.4, -0.2) is 47.2 Å². The lowest BCUT2D eigenvalue weighted by atomic mass is 10.1. The molecule has 0 bridgehead atoms. The second-order valence-electron chi connectivity index (χ2n) is 5.50. The fourth-order valence-corrected chi connectivity index (χ4v) is 4.59. The number of carbonyl (C=O) groups is 1. The molecule has 138 valence electrons. The molecule has 0 aliphatic carbocycles. The van der Waals surface area contributed by atoms with Crippen LogP contribution in [-0.2, 0) is 4.79 Å². The number of hydrogen-bond acceptors (Lipinski definition) is 9. The van der Waals surface area contributed by atoms with Crippen molar-refractivity contribution in [2.45, 2.75) is 36.2 Å². The van der Waals surface area contributed by atoms with Crippen LogP contribution in [0.1, 0.15) is 32.4 Å². The van der Waals surface area contributed by atoms with Crippen LogP contribution in [0.3, 0.4) is 0 Å². The molecule has 0 aliphatic heterocycles. The molecule has 0 saturated heterocycles. The Labute approximate surface area is 161 Å². The van der Waals surface area contributed by atoms with Gasteiger partial charge in [-0.25, -0.2) is 0 Å². The van der Waals surface area contributed by atoms with Gasteiger partial charge in [-0.3, -0.25) is 24.3 Å². The summed E-state index contributed by atoms with van der Waals surface area (Å²) >= 11 is 4.17. The Morgan fingerprint density at radius 1 is 1.31 bits per heavy atom. The van der Waals surface area contributed by atoms with Crippen LogP contribution in [0.5, 0.6) is 0 Å². The summed E-state index contributed by atoms with van der Waals surface area (Å²) in [6, 6.07) is 1.53. The van der Waals surface area contributed by atoms with Gasteiger partial charge in [-0.15, -0.1) is 20.4 Å². The van der Waals surface area contributed by atoms with E-state index in [1.54, 1.807) is 16.2 Å². The number of amides is 1. The number of rotatable bonds is 7. The van der Waals surface area contributed by atoms with Crippen molar-refractivity contribution < 1.29 is 4.79 Å². The molecule has 0 aliphatic rings. The highest BCUT2D eigenvalue weighted by molar-refractivity contribution is 8.01. The SMILES string of the molecule is CCSc1nnc(NC(=O)CSc2nnc3[nH]c(=O)cc(C(C)C)n23)s1. The first kappa shape index (κ1) is 18.9. The molecular weight excluding hydrogens is 394 g/mol. The van der Waals surface area contributed by atoms with Gasteiger partial charge in [0.15, 0.2) is 9.50 Å². The summed E-state index contributed by atoms with van der Waals surface area (Å²) in [5.41, 5.74) is 0.571. The van der Waals surface area contributed by atoms with E-state index in [0.717, 1.165) is 15.8 Å². The zero-order valence-electron chi connectivity index (χ0n) is 14.3. The standard InChI is InChI=1S/C14H17N7O2S3/c1-4-24-14-20-18-12(26-14)16-10(23)6-25-13-19-17-11-15-9(22)5-8(7(2)3)21(11)13/h5,7H,4,6H2,1-3H3,(H,15,17,22)(H,16,18,23). The molecule has 26 heavy (non-hydrogen) atoms. The topological polar surface area (TPSA) is 118 Å². The van der Waals surface area contributed by atoms with E-state index in [0.29, 0.717) is 16.1 Å². The van der Waals surface area contributed by atoms with Crippen molar-refractivity contribution >= 4 is 51.7 Å². The van der Waals surface area contributed by atoms with Gasteiger partial charge < -0.3 is 0 Å². The molecule has 0 unspecified atom stereocenters. The van der Waals surface area contributed by atoms with Gasteiger partial charge in [-0.2, -0.15) is 0 Å². The Morgan fingerprint density at radius 2 is 2.12 bits per heavy atom. The number of fused-ring (bicyclic) bond motifs is 1. The first-order chi connectivity index (χ1) is 12.5. The number of anilines is 1. The van der Waals surface area contributed by atoms with Gasteiger partial charge in [0.05, 0.1) is 5.75 Å². The number of nitrogens with one attached hydrogen (secondary N) is 2. The number of hydrogen-bond donors (Lipinski definition) is 2. The molecule has 0 radical (unpaired) electrons. The Kier molecular flexibility index (Phi) is 5.94. The van der Waals surface area contributed by atoms with Crippen molar-refractivity contribution in [2.75, 3.05) is 16.8 Å². The molecule has 0 fully saturated rings. The highest BCUT2D eigenvalue weighted by atomic mass is 32.2. The van der Waals surface area contributed by atoms with Crippen LogP contribution in [0.2, 0.25) is 0 Å². The zero-order valence-corrected chi connectivity index (χ0v) is 16.8. The quantitative estimate of drug-likeness (QED) is 0.449. The largest absolute Gasteiger partial charge is 0.300 e. The van der Waals surface area contributed by atoms with Gasteiger partial charge in [0.2, 0.25) is 16.8 Å². The van der Waals surface area contributed by atoms with Crippen molar-refractivity contribution in [1.82, 2.24) is 29.8 Å². The number of aromatic amines is 1. The molecule has 0 aromatic carbocycles. The maximum Gasteiger partial charge on any atom is 0.252 e. The van der Waals surface area contributed by atoms with Crippen molar-refractivity contribution in [3.8, 4) is 0 Å². The first-order valence-corrected chi connectivity index (χ1v) is 10.6. The van der Waals surface area contributed by atoms with Gasteiger partial charge in [0.25, 0.3) is 5.56 Å². The maximum absolute atomic E-state index is 12.2. The molecule has 0 spiro atoms. The minimum atomic E-state index is -0.222. The molecule has 3 aromatic rings. The van der Waals surface area contributed by atoms with Crippen LogP contribution in [0.4, 0.5) is 5.13 Å². The molecule has 0 saturated carbocycles. The Balaban J connectivity index is 1.71. The van der Waals surface area contributed by atoms with E-state index in [4.69, 9.17) is 0 Å². The third-order valence-corrected chi connectivity index (χ3v) is 6.03. The molecule has 12 heteroatoms. The Hall–Kier alpha value is -1.92. The third kappa shape index (κ3) is 4.24. The lowest BCUT2D eigenvalue weighted by Gasteiger charge is -2.09. The van der Waals surface area contributed by atoms with Crippen LogP contribution < -0.4 is 10.9 Å². The molecular formula is C14H17N7O2S3. The monoisotopic (exact) mass is 411 g/mol. The number of carbonyl (C=O) groups excluding carboxylic acids is 1. The van der Waals surface area contributed by atoms with E-state index in [-0.39, 0.29) is 23.1 Å². The van der Waals surface area contributed by atoms with Crippen molar-refractivity contribution in [2.24, 2.45) is 0 Å². The summed E-state index contributed by atoms with van der Waals surface area (Å²) in [5, 5.41) is 19.8. The molecule has 3 rings (SSSR count). The lowest BCUT2D eigenvalue weighted by molar-refractivity contribution is -0.113. The van der Waals surface area contributed by atoms with E-state index in [9.17, 15) is 9.59 Å². The summed E-state index contributed by atoms with van der Waals surface area (Å²) in [6.45, 7) is 6.00. The van der Waals surface area contributed by atoms with E-state index in [1.807, 2.05) is 20.8 Å². The lowest BCUT2D eigenvalue weighted by Crippen LogP contribution is -2.15. The third-order valence-electron chi connectivity index (χ3n) is 3.25. The summed E-state index contributed by atoms with van der Waals surface area (Å²) in [6.07, 6.45) is 0. The summed E-state index contributed by atoms with van der Waals surface area (Å²) in [5.74, 6) is 1.33. The zero-order chi connectivity index (χ0) is 18.7. The Bertz CT molecular complexity index is 978.